The number of hydrogen-bond donors (Lipinski definition) is 3. The van der Waals surface area contributed by atoms with Gasteiger partial charge in [0.2, 0.25) is 5.91 Å². The van der Waals surface area contributed by atoms with Crippen molar-refractivity contribution in [2.24, 2.45) is 5.73 Å². The first-order chi connectivity index (χ1) is 14.0. The molecule has 10 heteroatoms. The van der Waals surface area contributed by atoms with Crippen LogP contribution in [0, 0.1) is 5.82 Å². The summed E-state index contributed by atoms with van der Waals surface area (Å²) in [7, 11) is 0. The smallest absolute Gasteiger partial charge is 0.414 e. The Kier molecular flexibility index (Phi) is 7.96. The quantitative estimate of drug-likeness (QED) is 0.381. The maximum Gasteiger partial charge on any atom is 0.414 e. The Labute approximate surface area is 174 Å². The second-order valence-corrected chi connectivity index (χ2v) is 8.17. The number of nitrogens with zero attached hydrogens (tertiary/aromatic N) is 2. The molecule has 1 aromatic carbocycles. The number of nitrogens with two attached hydrogens (primary N) is 1. The van der Waals surface area contributed by atoms with Gasteiger partial charge >= 0.3 is 6.09 Å². The number of hydrogen-bond acceptors (Lipinski definition) is 7. The third kappa shape index (κ3) is 6.22. The third-order valence-electron chi connectivity index (χ3n) is 4.86. The Bertz CT molecular complexity index is 717. The number of nitrogens with one attached hydrogen (secondary N) is 2. The van der Waals surface area contributed by atoms with E-state index in [1.54, 1.807) is 23.9 Å². The van der Waals surface area contributed by atoms with Crippen molar-refractivity contribution in [2.45, 2.75) is 18.9 Å². The number of amides is 2. The molecule has 4 N–H and O–H groups in total. The first kappa shape index (κ1) is 21.7. The van der Waals surface area contributed by atoms with E-state index in [4.69, 9.17) is 10.5 Å². The van der Waals surface area contributed by atoms with E-state index in [2.05, 4.69) is 10.6 Å². The van der Waals surface area contributed by atoms with Crippen LogP contribution in [0.4, 0.5) is 20.6 Å². The zero-order chi connectivity index (χ0) is 20.6. The van der Waals surface area contributed by atoms with Crippen molar-refractivity contribution in [3.05, 3.63) is 24.0 Å². The van der Waals surface area contributed by atoms with E-state index >= 15 is 0 Å². The Balaban J connectivity index is 1.45. The first-order valence-electron chi connectivity index (χ1n) is 9.84. The van der Waals surface area contributed by atoms with Crippen LogP contribution < -0.4 is 26.2 Å². The molecule has 0 radical (unpaired) electrons. The molecule has 0 saturated carbocycles. The molecule has 2 fully saturated rings. The van der Waals surface area contributed by atoms with Gasteiger partial charge in [-0.25, -0.2) is 9.18 Å². The number of ether oxygens (including phenoxy) is 1. The zero-order valence-corrected chi connectivity index (χ0v) is 17.2. The van der Waals surface area contributed by atoms with E-state index in [-0.39, 0.29) is 17.8 Å². The van der Waals surface area contributed by atoms with Crippen molar-refractivity contribution in [1.82, 2.24) is 10.6 Å². The summed E-state index contributed by atoms with van der Waals surface area (Å²) >= 11 is 1.66. The fraction of sp³-hybridized carbons (Fsp3) is 0.579. The van der Waals surface area contributed by atoms with E-state index in [1.807, 2.05) is 4.90 Å². The van der Waals surface area contributed by atoms with Gasteiger partial charge in [0.1, 0.15) is 11.9 Å². The average molecular weight is 426 g/mol. The second kappa shape index (κ2) is 10.7. The summed E-state index contributed by atoms with van der Waals surface area (Å²) in [6.07, 6.45) is 0.403. The largest absolute Gasteiger partial charge is 0.443 e. The maximum absolute atomic E-state index is 14.6. The van der Waals surface area contributed by atoms with Crippen molar-refractivity contribution < 1.29 is 18.7 Å². The van der Waals surface area contributed by atoms with Gasteiger partial charge in [0.25, 0.3) is 0 Å². The molecule has 0 spiro atoms. The lowest BCUT2D eigenvalue weighted by molar-refractivity contribution is -0.118. The number of rotatable bonds is 10. The maximum atomic E-state index is 14.6. The molecule has 160 valence electrons. The third-order valence-corrected chi connectivity index (χ3v) is 5.85. The Hall–Kier alpha value is -2.04. The summed E-state index contributed by atoms with van der Waals surface area (Å²) in [6, 6.07) is 4.91. The molecule has 0 bridgehead atoms. The minimum Gasteiger partial charge on any atom is -0.443 e. The number of anilines is 2. The number of halogens is 1. The van der Waals surface area contributed by atoms with Gasteiger partial charge in [0.05, 0.1) is 17.9 Å². The number of benzene rings is 1. The lowest BCUT2D eigenvalue weighted by atomic mass is 10.2. The molecule has 2 amide bonds. The van der Waals surface area contributed by atoms with E-state index < -0.39 is 6.09 Å². The fourth-order valence-electron chi connectivity index (χ4n) is 3.38. The van der Waals surface area contributed by atoms with Gasteiger partial charge in [-0.15, -0.1) is 11.8 Å². The molecule has 0 aromatic heterocycles. The minimum atomic E-state index is -0.458. The van der Waals surface area contributed by atoms with Gasteiger partial charge in [0.15, 0.2) is 0 Å². The minimum absolute atomic E-state index is 0.283. The Morgan fingerprint density at radius 1 is 1.38 bits per heavy atom. The predicted octanol–water partition coefficient (Wildman–Crippen LogP) is 1.11. The molecule has 8 nitrogen and oxygen atoms in total. The van der Waals surface area contributed by atoms with Crippen molar-refractivity contribution in [3.8, 4) is 0 Å². The van der Waals surface area contributed by atoms with Gasteiger partial charge < -0.3 is 26.0 Å². The topological polar surface area (TPSA) is 99.9 Å². The molecular weight excluding hydrogens is 397 g/mol. The number of thioether (sulfide) groups is 1. The van der Waals surface area contributed by atoms with Crippen LogP contribution in [-0.4, -0.2) is 69.0 Å². The van der Waals surface area contributed by atoms with E-state index in [1.165, 1.54) is 11.0 Å². The summed E-state index contributed by atoms with van der Waals surface area (Å²) in [5, 5.41) is 6.47. The van der Waals surface area contributed by atoms with Crippen LogP contribution >= 0.6 is 11.8 Å². The first-order valence-corrected chi connectivity index (χ1v) is 11.0. The fourth-order valence-corrected chi connectivity index (χ4v) is 4.13. The summed E-state index contributed by atoms with van der Waals surface area (Å²) in [4.78, 5) is 26.4. The average Bonchev–Trinajstić information content (AvgIpc) is 3.08. The molecule has 0 aliphatic carbocycles. The van der Waals surface area contributed by atoms with Crippen molar-refractivity contribution in [3.63, 3.8) is 0 Å². The molecule has 2 heterocycles. The summed E-state index contributed by atoms with van der Waals surface area (Å²) in [5.41, 5.74) is 6.17. The van der Waals surface area contributed by atoms with Crippen LogP contribution in [0.15, 0.2) is 18.2 Å². The van der Waals surface area contributed by atoms with E-state index in [0.717, 1.165) is 38.4 Å². The monoisotopic (exact) mass is 425 g/mol. The highest BCUT2D eigenvalue weighted by atomic mass is 32.2. The van der Waals surface area contributed by atoms with Crippen molar-refractivity contribution in [2.75, 3.05) is 60.7 Å². The van der Waals surface area contributed by atoms with E-state index in [0.29, 0.717) is 36.8 Å². The van der Waals surface area contributed by atoms with Crippen molar-refractivity contribution >= 4 is 35.1 Å². The number of carbonyl (C=O) groups is 2. The highest BCUT2D eigenvalue weighted by molar-refractivity contribution is 7.99. The SMILES string of the molecule is NC(=O)CCCSCNCC1CN(c2ccc(N3CCNCC3)c(F)c2)C(=O)O1. The van der Waals surface area contributed by atoms with Gasteiger partial charge in [-0.1, -0.05) is 0 Å². The van der Waals surface area contributed by atoms with Gasteiger partial charge in [-0.05, 0) is 30.4 Å². The lowest BCUT2D eigenvalue weighted by Crippen LogP contribution is -2.43. The molecule has 3 rings (SSSR count). The Morgan fingerprint density at radius 3 is 2.90 bits per heavy atom. The van der Waals surface area contributed by atoms with Crippen LogP contribution in [0.5, 0.6) is 0 Å². The summed E-state index contributed by atoms with van der Waals surface area (Å²) < 4.78 is 20.0. The van der Waals surface area contributed by atoms with Crippen LogP contribution in [0.2, 0.25) is 0 Å². The molecule has 2 saturated heterocycles. The molecular formula is C19H28FN5O3S. The van der Waals surface area contributed by atoms with Gasteiger partial charge in [0, 0.05) is 45.0 Å². The molecule has 1 unspecified atom stereocenters. The standard InChI is InChI=1S/C19H28FN5O3S/c20-16-10-14(3-4-17(16)24-7-5-22-6-8-24)25-12-15(28-19(25)27)11-23-13-29-9-1-2-18(21)26/h3-4,10,15,22-23H,1-2,5-9,11-13H2,(H2,21,26). The number of carbonyl (C=O) groups excluding carboxylic acids is 2. The van der Waals surface area contributed by atoms with E-state index in [9.17, 15) is 14.0 Å². The predicted molar refractivity (Wildman–Crippen MR) is 113 cm³/mol. The molecule has 2 aliphatic rings. The van der Waals surface area contributed by atoms with Crippen LogP contribution in [-0.2, 0) is 9.53 Å². The number of cyclic esters (lactones) is 1. The van der Waals surface area contributed by atoms with Gasteiger partial charge in [-0.2, -0.15) is 0 Å². The zero-order valence-electron chi connectivity index (χ0n) is 16.4. The molecule has 2 aliphatic heterocycles. The lowest BCUT2D eigenvalue weighted by Gasteiger charge is -2.30. The Morgan fingerprint density at radius 2 is 2.17 bits per heavy atom. The van der Waals surface area contributed by atoms with Gasteiger partial charge in [-0.3, -0.25) is 9.69 Å². The summed E-state index contributed by atoms with van der Waals surface area (Å²) in [6.45, 7) is 4.08. The van der Waals surface area contributed by atoms with Crippen molar-refractivity contribution in [1.29, 1.82) is 0 Å². The highest BCUT2D eigenvalue weighted by Crippen LogP contribution is 2.28. The number of piperazine rings is 1. The molecule has 1 atom stereocenters. The normalized spacial score (nSPS) is 19.5. The second-order valence-electron chi connectivity index (χ2n) is 7.07. The van der Waals surface area contributed by atoms with Crippen LogP contribution in [0.3, 0.4) is 0 Å². The summed E-state index contributed by atoms with van der Waals surface area (Å²) in [5.74, 6) is 0.923. The highest BCUT2D eigenvalue weighted by Gasteiger charge is 2.32. The number of primary amides is 1. The molecule has 29 heavy (non-hydrogen) atoms. The molecule has 1 aromatic rings. The van der Waals surface area contributed by atoms with Crippen LogP contribution in [0.25, 0.3) is 0 Å². The van der Waals surface area contributed by atoms with Crippen LogP contribution in [0.1, 0.15) is 12.8 Å².